The lowest BCUT2D eigenvalue weighted by Crippen LogP contribution is -2.31. The molecule has 198 valence electrons. The first-order valence-electron chi connectivity index (χ1n) is 11.4. The minimum Gasteiger partial charge on any atom is -0.487 e. The van der Waals surface area contributed by atoms with Gasteiger partial charge >= 0.3 is 0 Å². The summed E-state index contributed by atoms with van der Waals surface area (Å²) in [6, 6.07) is 7.91. The first-order valence-corrected chi connectivity index (χ1v) is 11.8. The molecule has 0 aliphatic heterocycles. The third kappa shape index (κ3) is 4.97. The van der Waals surface area contributed by atoms with E-state index in [9.17, 15) is 27.9 Å². The van der Waals surface area contributed by atoms with Crippen LogP contribution in [0.25, 0.3) is 11.5 Å². The Morgan fingerprint density at radius 1 is 1.05 bits per heavy atom. The number of nitrogens with zero attached hydrogens (tertiary/aromatic N) is 3. The Morgan fingerprint density at radius 2 is 1.76 bits per heavy atom. The minimum atomic E-state index is -1.63. The van der Waals surface area contributed by atoms with Crippen molar-refractivity contribution in [1.29, 1.82) is 0 Å². The van der Waals surface area contributed by atoms with Gasteiger partial charge in [-0.1, -0.05) is 11.6 Å². The summed E-state index contributed by atoms with van der Waals surface area (Å²) in [4.78, 5) is 30.6. The normalized spacial score (nSPS) is 11.6. The Labute approximate surface area is 220 Å². The van der Waals surface area contributed by atoms with Gasteiger partial charge in [0.15, 0.2) is 17.5 Å². The quantitative estimate of drug-likeness (QED) is 0.349. The molecule has 0 saturated heterocycles. The molecule has 3 aromatic heterocycles. The van der Waals surface area contributed by atoms with E-state index in [0.717, 1.165) is 12.1 Å². The summed E-state index contributed by atoms with van der Waals surface area (Å²) in [5, 5.41) is 10.0. The molecule has 0 radical (unpaired) electrons. The van der Waals surface area contributed by atoms with Crippen molar-refractivity contribution in [2.75, 3.05) is 0 Å². The van der Waals surface area contributed by atoms with Crippen molar-refractivity contribution in [2.45, 2.75) is 39.9 Å². The zero-order chi connectivity index (χ0) is 27.9. The van der Waals surface area contributed by atoms with Gasteiger partial charge in [0.25, 0.3) is 11.1 Å². The second-order valence-electron chi connectivity index (χ2n) is 9.21. The number of hydrogen-bond acceptors (Lipinski definition) is 5. The molecule has 38 heavy (non-hydrogen) atoms. The van der Waals surface area contributed by atoms with Crippen LogP contribution in [0.5, 0.6) is 5.75 Å². The van der Waals surface area contributed by atoms with Crippen LogP contribution in [0.3, 0.4) is 0 Å². The monoisotopic (exact) mass is 545 g/mol. The number of aromatic nitrogens is 3. The lowest BCUT2D eigenvalue weighted by molar-refractivity contribution is 0.0767. The Hall–Kier alpha value is -3.89. The van der Waals surface area contributed by atoms with Crippen LogP contribution >= 0.6 is 11.6 Å². The average molecular weight is 546 g/mol. The summed E-state index contributed by atoms with van der Waals surface area (Å²) in [6.45, 7) is 5.83. The third-order valence-electron chi connectivity index (χ3n) is 5.95. The topological polar surface area (TPSA) is 86.3 Å². The molecule has 0 aliphatic carbocycles. The van der Waals surface area contributed by atoms with E-state index in [1.165, 1.54) is 53.6 Å². The maximum Gasteiger partial charge on any atom is 0.277 e. The van der Waals surface area contributed by atoms with Crippen LogP contribution in [0.15, 0.2) is 58.4 Å². The lowest BCUT2D eigenvalue weighted by Gasteiger charge is -2.19. The second-order valence-corrected chi connectivity index (χ2v) is 9.59. The highest BCUT2D eigenvalue weighted by Gasteiger charge is 2.22. The second kappa shape index (κ2) is 10.1. The van der Waals surface area contributed by atoms with Gasteiger partial charge in [0.1, 0.15) is 23.2 Å². The van der Waals surface area contributed by atoms with E-state index in [0.29, 0.717) is 16.9 Å². The van der Waals surface area contributed by atoms with E-state index in [2.05, 4.69) is 4.98 Å². The number of halogens is 4. The molecule has 0 saturated carbocycles. The third-order valence-corrected chi connectivity index (χ3v) is 6.30. The van der Waals surface area contributed by atoms with Gasteiger partial charge in [-0.2, -0.15) is 0 Å². The first kappa shape index (κ1) is 27.2. The molecule has 1 aromatic carbocycles. The SMILES string of the molecule is Cc1cnc(-n2cccc(C(C)(C)O)c2=O)cc1-n1c(C)cc(OCc2ccc(F)c(F)c2F)c(Cl)c1=O. The number of pyridine rings is 3. The summed E-state index contributed by atoms with van der Waals surface area (Å²) in [6.07, 6.45) is 2.99. The Balaban J connectivity index is 1.75. The van der Waals surface area contributed by atoms with Gasteiger partial charge in [0.05, 0.1) is 11.3 Å². The van der Waals surface area contributed by atoms with Crippen LogP contribution in [-0.2, 0) is 12.2 Å². The van der Waals surface area contributed by atoms with Crippen molar-refractivity contribution in [3.63, 3.8) is 0 Å². The number of hydrogen-bond donors (Lipinski definition) is 1. The van der Waals surface area contributed by atoms with Crippen molar-refractivity contribution in [3.05, 3.63) is 114 Å². The van der Waals surface area contributed by atoms with Crippen LogP contribution in [0.1, 0.15) is 36.2 Å². The van der Waals surface area contributed by atoms with Gasteiger partial charge < -0.3 is 9.84 Å². The summed E-state index contributed by atoms with van der Waals surface area (Å²) < 4.78 is 48.8. The molecule has 0 bridgehead atoms. The van der Waals surface area contributed by atoms with E-state index in [1.807, 2.05) is 0 Å². The number of ether oxygens (including phenoxy) is 1. The Morgan fingerprint density at radius 3 is 2.45 bits per heavy atom. The summed E-state index contributed by atoms with van der Waals surface area (Å²) >= 11 is 6.30. The molecule has 1 N–H and O–H groups in total. The van der Waals surface area contributed by atoms with Gasteiger partial charge in [-0.05, 0) is 57.5 Å². The maximum absolute atomic E-state index is 14.0. The number of aliphatic hydroxyl groups is 1. The zero-order valence-electron chi connectivity index (χ0n) is 20.9. The van der Waals surface area contributed by atoms with Gasteiger partial charge in [-0.15, -0.1) is 0 Å². The molecule has 0 atom stereocenters. The highest BCUT2D eigenvalue weighted by Crippen LogP contribution is 2.27. The molecule has 0 spiro atoms. The molecule has 0 fully saturated rings. The van der Waals surface area contributed by atoms with Gasteiger partial charge in [-0.3, -0.25) is 18.7 Å². The zero-order valence-corrected chi connectivity index (χ0v) is 21.6. The molecular formula is C27H23ClF3N3O4. The Kier molecular flexibility index (Phi) is 7.22. The van der Waals surface area contributed by atoms with Crippen LogP contribution in [-0.4, -0.2) is 19.2 Å². The standard InChI is InChI=1S/C27H23ClF3N3O4/c1-14-12-32-21(33-9-5-6-17(25(33)35)27(3,4)37)11-19(14)34-15(2)10-20(22(28)26(34)36)38-13-16-7-8-18(29)24(31)23(16)30/h5-12,37H,13H2,1-4H3. The van der Waals surface area contributed by atoms with Crippen molar-refractivity contribution >= 4 is 11.6 Å². The predicted octanol–water partition coefficient (Wildman–Crippen LogP) is 4.88. The minimum absolute atomic E-state index is 0.0735. The number of aryl methyl sites for hydroxylation is 2. The molecule has 7 nitrogen and oxygen atoms in total. The highest BCUT2D eigenvalue weighted by molar-refractivity contribution is 6.31. The smallest absolute Gasteiger partial charge is 0.277 e. The fourth-order valence-electron chi connectivity index (χ4n) is 3.93. The van der Waals surface area contributed by atoms with Gasteiger partial charge in [0.2, 0.25) is 0 Å². The van der Waals surface area contributed by atoms with Crippen molar-refractivity contribution in [2.24, 2.45) is 0 Å². The average Bonchev–Trinajstić information content (AvgIpc) is 2.85. The molecule has 0 aliphatic rings. The lowest BCUT2D eigenvalue weighted by atomic mass is 10.0. The largest absolute Gasteiger partial charge is 0.487 e. The first-order chi connectivity index (χ1) is 17.8. The van der Waals surface area contributed by atoms with Gasteiger partial charge in [-0.25, -0.2) is 18.2 Å². The molecule has 11 heteroatoms. The van der Waals surface area contributed by atoms with Crippen molar-refractivity contribution in [3.8, 4) is 17.3 Å². The van der Waals surface area contributed by atoms with E-state index in [-0.39, 0.29) is 27.7 Å². The molecule has 3 heterocycles. The molecule has 4 rings (SSSR count). The summed E-state index contributed by atoms with van der Waals surface area (Å²) in [5.41, 5.74) is -1.24. The van der Waals surface area contributed by atoms with E-state index >= 15 is 0 Å². The number of rotatable bonds is 6. The van der Waals surface area contributed by atoms with E-state index in [4.69, 9.17) is 16.3 Å². The Bertz CT molecular complexity index is 1680. The predicted molar refractivity (Wildman–Crippen MR) is 136 cm³/mol. The highest BCUT2D eigenvalue weighted by atomic mass is 35.5. The van der Waals surface area contributed by atoms with E-state index in [1.54, 1.807) is 19.9 Å². The number of benzene rings is 1. The van der Waals surface area contributed by atoms with Crippen LogP contribution in [0, 0.1) is 31.3 Å². The maximum atomic E-state index is 14.0. The molecular weight excluding hydrogens is 523 g/mol. The van der Waals surface area contributed by atoms with E-state index < -0.39 is 40.8 Å². The molecule has 0 unspecified atom stereocenters. The van der Waals surface area contributed by atoms with Crippen LogP contribution < -0.4 is 15.9 Å². The van der Waals surface area contributed by atoms with Gasteiger partial charge in [0, 0.05) is 41.3 Å². The fraction of sp³-hybridized carbons (Fsp3) is 0.222. The molecule has 0 amide bonds. The molecule has 4 aromatic rings. The van der Waals surface area contributed by atoms with Crippen molar-refractivity contribution < 1.29 is 23.0 Å². The van der Waals surface area contributed by atoms with Crippen LogP contribution in [0.4, 0.5) is 13.2 Å². The fourth-order valence-corrected chi connectivity index (χ4v) is 4.13. The van der Waals surface area contributed by atoms with Crippen LogP contribution in [0.2, 0.25) is 5.02 Å². The van der Waals surface area contributed by atoms with Crippen molar-refractivity contribution in [1.82, 2.24) is 14.1 Å². The summed E-state index contributed by atoms with van der Waals surface area (Å²) in [5.74, 6) is -4.22. The summed E-state index contributed by atoms with van der Waals surface area (Å²) in [7, 11) is 0.